The number of nitrogens with zero attached hydrogens (tertiary/aromatic N) is 1. The zero-order valence-corrected chi connectivity index (χ0v) is 18.1. The Balaban J connectivity index is 1.46. The summed E-state index contributed by atoms with van der Waals surface area (Å²) in [4.78, 5) is 37.7. The Hall–Kier alpha value is -2.37. The van der Waals surface area contributed by atoms with Gasteiger partial charge in [0.1, 0.15) is 6.04 Å². The average Bonchev–Trinajstić information content (AvgIpc) is 3.03. The van der Waals surface area contributed by atoms with Gasteiger partial charge in [0.05, 0.1) is 33.0 Å². The lowest BCUT2D eigenvalue weighted by atomic mass is 9.98. The highest BCUT2D eigenvalue weighted by atomic mass is 16.5. The van der Waals surface area contributed by atoms with Crippen LogP contribution in [0.1, 0.15) is 47.0 Å². The van der Waals surface area contributed by atoms with Crippen LogP contribution in [0, 0.1) is 0 Å². The standard InChI is InChI=1S/C22H31N3O7/c23-8-10-31-12-14-32-13-11-30-9-2-4-15-3-1-5-16-19(15)22(29)25(21(16)28)17-6-7-18(26)24-20(17)27/h1,3,5,17,22,29H,2,4,6-14,23H2,(H,24,26,27). The minimum atomic E-state index is -1.21. The fourth-order valence-corrected chi connectivity index (χ4v) is 3.96. The topological polar surface area (TPSA) is 140 Å². The molecule has 1 aromatic rings. The molecule has 0 radical (unpaired) electrons. The van der Waals surface area contributed by atoms with Crippen molar-refractivity contribution in [3.63, 3.8) is 0 Å². The van der Waals surface area contributed by atoms with Gasteiger partial charge in [-0.25, -0.2) is 0 Å². The molecule has 4 N–H and O–H groups in total. The van der Waals surface area contributed by atoms with Crippen LogP contribution in [0.4, 0.5) is 0 Å². The van der Waals surface area contributed by atoms with E-state index in [2.05, 4.69) is 5.32 Å². The number of nitrogens with two attached hydrogens (primary N) is 1. The Kier molecular flexibility index (Phi) is 9.12. The number of aryl methyl sites for hydroxylation is 1. The maximum absolute atomic E-state index is 12.9. The fourth-order valence-electron chi connectivity index (χ4n) is 3.96. The van der Waals surface area contributed by atoms with Crippen LogP contribution >= 0.6 is 0 Å². The zero-order valence-electron chi connectivity index (χ0n) is 18.1. The number of hydrogen-bond donors (Lipinski definition) is 3. The summed E-state index contributed by atoms with van der Waals surface area (Å²) >= 11 is 0. The smallest absolute Gasteiger partial charge is 0.257 e. The molecule has 1 fully saturated rings. The summed E-state index contributed by atoms with van der Waals surface area (Å²) in [5.74, 6) is -1.31. The van der Waals surface area contributed by atoms with Crippen LogP contribution in [0.2, 0.25) is 0 Å². The molecule has 0 aliphatic carbocycles. The number of aliphatic hydroxyl groups excluding tert-OH is 1. The van der Waals surface area contributed by atoms with Crippen molar-refractivity contribution in [3.05, 3.63) is 34.9 Å². The van der Waals surface area contributed by atoms with Crippen molar-refractivity contribution < 1.29 is 33.7 Å². The third-order valence-electron chi connectivity index (χ3n) is 5.47. The van der Waals surface area contributed by atoms with Crippen molar-refractivity contribution in [1.82, 2.24) is 10.2 Å². The van der Waals surface area contributed by atoms with Crippen molar-refractivity contribution in [1.29, 1.82) is 0 Å². The largest absolute Gasteiger partial charge is 0.379 e. The molecule has 2 atom stereocenters. The second kappa shape index (κ2) is 12.0. The van der Waals surface area contributed by atoms with Crippen LogP contribution in [-0.4, -0.2) is 80.0 Å². The Labute approximate surface area is 187 Å². The quantitative estimate of drug-likeness (QED) is 0.280. The van der Waals surface area contributed by atoms with Gasteiger partial charge < -0.3 is 25.1 Å². The van der Waals surface area contributed by atoms with Gasteiger partial charge in [0, 0.05) is 30.7 Å². The number of imide groups is 1. The SMILES string of the molecule is NCCOCCOCCOCCCc1cccc2c1C(O)N(C1CCC(=O)NC1=O)C2=O. The molecule has 3 rings (SSSR count). The van der Waals surface area contributed by atoms with Crippen molar-refractivity contribution >= 4 is 17.7 Å². The molecule has 2 aliphatic rings. The number of carbonyl (C=O) groups excluding carboxylic acids is 3. The van der Waals surface area contributed by atoms with E-state index in [4.69, 9.17) is 19.9 Å². The molecule has 1 saturated heterocycles. The van der Waals surface area contributed by atoms with Gasteiger partial charge in [0.15, 0.2) is 6.23 Å². The number of ether oxygens (including phenoxy) is 3. The van der Waals surface area contributed by atoms with Crippen LogP contribution < -0.4 is 11.1 Å². The highest BCUT2D eigenvalue weighted by Gasteiger charge is 2.45. The van der Waals surface area contributed by atoms with E-state index in [1.807, 2.05) is 6.07 Å². The third kappa shape index (κ3) is 5.90. The van der Waals surface area contributed by atoms with E-state index in [1.54, 1.807) is 12.1 Å². The van der Waals surface area contributed by atoms with Crippen LogP contribution in [0.25, 0.3) is 0 Å². The van der Waals surface area contributed by atoms with Crippen LogP contribution in [-0.2, 0) is 30.2 Å². The lowest BCUT2D eigenvalue weighted by Crippen LogP contribution is -2.53. The van der Waals surface area contributed by atoms with Crippen molar-refractivity contribution in [2.45, 2.75) is 38.0 Å². The van der Waals surface area contributed by atoms with Gasteiger partial charge in [-0.3, -0.25) is 24.6 Å². The number of amides is 3. The summed E-state index contributed by atoms with van der Waals surface area (Å²) in [6.07, 6.45) is 0.442. The maximum Gasteiger partial charge on any atom is 0.257 e. The number of nitrogens with one attached hydrogen (secondary N) is 1. The molecule has 0 aromatic heterocycles. The van der Waals surface area contributed by atoms with E-state index in [9.17, 15) is 19.5 Å². The first-order valence-corrected chi connectivity index (χ1v) is 10.9. The number of aliphatic hydroxyl groups is 1. The lowest BCUT2D eigenvalue weighted by molar-refractivity contribution is -0.139. The second-order valence-corrected chi connectivity index (χ2v) is 7.66. The van der Waals surface area contributed by atoms with Gasteiger partial charge in [-0.2, -0.15) is 0 Å². The van der Waals surface area contributed by atoms with Crippen molar-refractivity contribution in [2.24, 2.45) is 5.73 Å². The molecule has 1 aromatic carbocycles. The van der Waals surface area contributed by atoms with Crippen LogP contribution in [0.3, 0.4) is 0 Å². The Morgan fingerprint density at radius 1 is 1.03 bits per heavy atom. The van der Waals surface area contributed by atoms with E-state index in [0.717, 1.165) is 5.56 Å². The van der Waals surface area contributed by atoms with Crippen LogP contribution in [0.15, 0.2) is 18.2 Å². The Morgan fingerprint density at radius 2 is 1.72 bits per heavy atom. The third-order valence-corrected chi connectivity index (χ3v) is 5.47. The summed E-state index contributed by atoms with van der Waals surface area (Å²) in [6.45, 7) is 3.47. The van der Waals surface area contributed by atoms with Crippen LogP contribution in [0.5, 0.6) is 0 Å². The van der Waals surface area contributed by atoms with Gasteiger partial charge in [0.25, 0.3) is 5.91 Å². The average molecular weight is 450 g/mol. The zero-order chi connectivity index (χ0) is 22.9. The first-order valence-electron chi connectivity index (χ1n) is 10.9. The monoisotopic (exact) mass is 449 g/mol. The first-order chi connectivity index (χ1) is 15.5. The summed E-state index contributed by atoms with van der Waals surface area (Å²) in [5, 5.41) is 13.1. The van der Waals surface area contributed by atoms with Crippen molar-refractivity contribution in [2.75, 3.05) is 46.2 Å². The molecular weight excluding hydrogens is 418 g/mol. The van der Waals surface area contributed by atoms with Gasteiger partial charge in [-0.15, -0.1) is 0 Å². The Bertz CT molecular complexity index is 817. The minimum absolute atomic E-state index is 0.137. The molecule has 2 unspecified atom stereocenters. The number of benzene rings is 1. The summed E-state index contributed by atoms with van der Waals surface area (Å²) < 4.78 is 16.2. The molecule has 32 heavy (non-hydrogen) atoms. The fraction of sp³-hybridized carbons (Fsp3) is 0.591. The molecule has 2 aliphatic heterocycles. The number of rotatable bonds is 13. The van der Waals surface area contributed by atoms with E-state index in [0.29, 0.717) is 70.2 Å². The molecule has 10 nitrogen and oxygen atoms in total. The number of piperidine rings is 1. The second-order valence-electron chi connectivity index (χ2n) is 7.66. The minimum Gasteiger partial charge on any atom is -0.379 e. The van der Waals surface area contributed by atoms with E-state index in [1.165, 1.54) is 4.90 Å². The number of fused-ring (bicyclic) bond motifs is 1. The molecule has 3 amide bonds. The van der Waals surface area contributed by atoms with Gasteiger partial charge in [-0.1, -0.05) is 12.1 Å². The van der Waals surface area contributed by atoms with E-state index >= 15 is 0 Å². The Morgan fingerprint density at radius 3 is 2.41 bits per heavy atom. The molecule has 0 bridgehead atoms. The predicted molar refractivity (Wildman–Crippen MR) is 114 cm³/mol. The van der Waals surface area contributed by atoms with Gasteiger partial charge >= 0.3 is 0 Å². The molecule has 0 saturated carbocycles. The molecular formula is C22H31N3O7. The highest BCUT2D eigenvalue weighted by molar-refractivity contribution is 6.05. The molecule has 0 spiro atoms. The van der Waals surface area contributed by atoms with Gasteiger partial charge in [0.2, 0.25) is 11.8 Å². The molecule has 2 heterocycles. The highest BCUT2D eigenvalue weighted by Crippen LogP contribution is 2.37. The van der Waals surface area contributed by atoms with E-state index in [-0.39, 0.29) is 18.7 Å². The summed E-state index contributed by atoms with van der Waals surface area (Å²) in [5.41, 5.74) is 7.10. The number of carbonyl (C=O) groups is 3. The normalized spacial score (nSPS) is 20.6. The summed E-state index contributed by atoms with van der Waals surface area (Å²) in [6, 6.07) is 4.43. The maximum atomic E-state index is 12.9. The predicted octanol–water partition coefficient (Wildman–Crippen LogP) is -0.120. The lowest BCUT2D eigenvalue weighted by Gasteiger charge is -2.32. The first kappa shape index (κ1) is 24.3. The molecule has 176 valence electrons. The van der Waals surface area contributed by atoms with Gasteiger partial charge in [-0.05, 0) is 30.9 Å². The van der Waals surface area contributed by atoms with Crippen molar-refractivity contribution in [3.8, 4) is 0 Å². The molecule has 10 heteroatoms. The summed E-state index contributed by atoms with van der Waals surface area (Å²) in [7, 11) is 0. The van der Waals surface area contributed by atoms with E-state index < -0.39 is 24.1 Å². The number of hydrogen-bond acceptors (Lipinski definition) is 8.